The van der Waals surface area contributed by atoms with Gasteiger partial charge in [-0.3, -0.25) is 43.2 Å². The lowest BCUT2D eigenvalue weighted by Crippen LogP contribution is -2.60. The van der Waals surface area contributed by atoms with E-state index in [-0.39, 0.29) is 51.1 Å². The fourth-order valence-electron chi connectivity index (χ4n) is 6.97. The van der Waals surface area contributed by atoms with Gasteiger partial charge in [0, 0.05) is 25.9 Å². The van der Waals surface area contributed by atoms with Crippen LogP contribution in [0.15, 0.2) is 0 Å². The van der Waals surface area contributed by atoms with Crippen LogP contribution in [0.5, 0.6) is 0 Å². The van der Waals surface area contributed by atoms with Gasteiger partial charge in [0.1, 0.15) is 36.3 Å². The summed E-state index contributed by atoms with van der Waals surface area (Å²) in [5.41, 5.74) is 11.0. The smallest absolute Gasteiger partial charge is 0.326 e. The quantitative estimate of drug-likeness (QED) is 0.0535. The van der Waals surface area contributed by atoms with Crippen LogP contribution < -0.4 is 38.1 Å². The van der Waals surface area contributed by atoms with Gasteiger partial charge in [-0.15, -0.1) is 0 Å². The largest absolute Gasteiger partial charge is 0.481 e. The number of hydrogen-bond donors (Lipinski definition) is 9. The Morgan fingerprint density at radius 3 is 1.69 bits per heavy atom. The molecule has 2 aliphatic rings. The minimum atomic E-state index is -1.36. The van der Waals surface area contributed by atoms with Crippen molar-refractivity contribution in [1.29, 1.82) is 0 Å². The molecule has 2 fully saturated rings. The zero-order valence-electron chi connectivity index (χ0n) is 34.8. The van der Waals surface area contributed by atoms with Crippen LogP contribution in [0.2, 0.25) is 0 Å². The predicted octanol–water partition coefficient (Wildman–Crippen LogP) is -2.08. The Morgan fingerprint density at radius 1 is 0.661 bits per heavy atom. The Hall–Kier alpha value is -5.34. The van der Waals surface area contributed by atoms with E-state index < -0.39 is 126 Å². The molecular formula is C38H63N9O12. The standard InChI is InChI=1S/C38H63N9O12/c1-19(2)17-24(33(53)41-18-28(49)46-15-7-9-25(46)34(54)45-31(21(5)6)38(58)59)43-36(56)30(20(3)4)44-35(55)26-10-8-16-47(26)37(57)23(12-14-29(50)51)42-32(52)22(39)11-13-27(40)48/h19-26,30-31H,7-18,39H2,1-6H3,(H2,40,48)(H,41,53)(H,42,52)(H,43,56)(H,44,55)(H,45,54)(H,50,51)(H,58,59)/t22-,23-,24-,25-,26-,30-,31-/m0/s1. The highest BCUT2D eigenvalue weighted by Gasteiger charge is 2.41. The lowest BCUT2D eigenvalue weighted by atomic mass is 9.99. The summed E-state index contributed by atoms with van der Waals surface area (Å²) in [6.07, 6.45) is 0.451. The van der Waals surface area contributed by atoms with E-state index in [4.69, 9.17) is 11.5 Å². The summed E-state index contributed by atoms with van der Waals surface area (Å²) in [6.45, 7) is 10.1. The number of nitrogens with zero attached hydrogens (tertiary/aromatic N) is 2. The summed E-state index contributed by atoms with van der Waals surface area (Å²) < 4.78 is 0. The van der Waals surface area contributed by atoms with Gasteiger partial charge in [-0.05, 0) is 62.7 Å². The molecule has 0 aromatic rings. The van der Waals surface area contributed by atoms with E-state index in [0.29, 0.717) is 19.3 Å². The molecule has 59 heavy (non-hydrogen) atoms. The van der Waals surface area contributed by atoms with Gasteiger partial charge < -0.3 is 58.1 Å². The normalized spacial score (nSPS) is 19.0. The highest BCUT2D eigenvalue weighted by molar-refractivity contribution is 5.97. The fraction of sp³-hybridized carbons (Fsp3) is 0.737. The first-order valence-electron chi connectivity index (χ1n) is 20.1. The van der Waals surface area contributed by atoms with Crippen molar-refractivity contribution in [2.75, 3.05) is 19.6 Å². The number of rotatable bonds is 23. The Morgan fingerprint density at radius 2 is 1.19 bits per heavy atom. The second-order valence-corrected chi connectivity index (χ2v) is 16.2. The van der Waals surface area contributed by atoms with E-state index in [9.17, 15) is 58.2 Å². The van der Waals surface area contributed by atoms with Crippen LogP contribution in [0.4, 0.5) is 0 Å². The number of amides is 8. The molecule has 2 heterocycles. The number of carbonyl (C=O) groups is 10. The van der Waals surface area contributed by atoms with E-state index in [1.807, 2.05) is 13.8 Å². The van der Waals surface area contributed by atoms with Crippen molar-refractivity contribution in [3.8, 4) is 0 Å². The van der Waals surface area contributed by atoms with Crippen molar-refractivity contribution in [1.82, 2.24) is 36.4 Å². The van der Waals surface area contributed by atoms with E-state index in [2.05, 4.69) is 26.6 Å². The number of carboxylic acids is 2. The third kappa shape index (κ3) is 15.4. The van der Waals surface area contributed by atoms with Crippen molar-refractivity contribution >= 4 is 59.2 Å². The first kappa shape index (κ1) is 49.8. The Kier molecular flexibility index (Phi) is 19.7. The Balaban J connectivity index is 2.14. The minimum absolute atomic E-state index is 0.0988. The molecule has 0 unspecified atom stereocenters. The van der Waals surface area contributed by atoms with E-state index in [1.54, 1.807) is 27.7 Å². The Bertz CT molecular complexity index is 1570. The van der Waals surface area contributed by atoms with Gasteiger partial charge in [-0.2, -0.15) is 0 Å². The van der Waals surface area contributed by atoms with Crippen molar-refractivity contribution in [2.24, 2.45) is 29.2 Å². The van der Waals surface area contributed by atoms with E-state index in [1.165, 1.54) is 9.80 Å². The van der Waals surface area contributed by atoms with Crippen LogP contribution in [0.25, 0.3) is 0 Å². The molecule has 2 rings (SSSR count). The summed E-state index contributed by atoms with van der Waals surface area (Å²) in [4.78, 5) is 130. The van der Waals surface area contributed by atoms with Crippen LogP contribution >= 0.6 is 0 Å². The van der Waals surface area contributed by atoms with Crippen molar-refractivity contribution in [3.63, 3.8) is 0 Å². The van der Waals surface area contributed by atoms with Gasteiger partial charge in [0.2, 0.25) is 47.3 Å². The maximum absolute atomic E-state index is 13.7. The molecule has 11 N–H and O–H groups in total. The molecule has 2 saturated heterocycles. The average Bonchev–Trinajstić information content (AvgIpc) is 3.85. The van der Waals surface area contributed by atoms with Gasteiger partial charge in [-0.25, -0.2) is 4.79 Å². The molecule has 0 aromatic heterocycles. The fourth-order valence-corrected chi connectivity index (χ4v) is 6.97. The van der Waals surface area contributed by atoms with E-state index >= 15 is 0 Å². The number of likely N-dealkylation sites (tertiary alicyclic amines) is 2. The monoisotopic (exact) mass is 837 g/mol. The summed E-state index contributed by atoms with van der Waals surface area (Å²) in [5.74, 6) is -8.92. The molecule has 0 radical (unpaired) electrons. The lowest BCUT2D eigenvalue weighted by molar-refractivity contribution is -0.145. The summed E-state index contributed by atoms with van der Waals surface area (Å²) in [6, 6.07) is -8.03. The molecule has 332 valence electrons. The number of nitrogens with two attached hydrogens (primary N) is 2. The molecular weight excluding hydrogens is 774 g/mol. The maximum Gasteiger partial charge on any atom is 0.326 e. The number of hydrogen-bond acceptors (Lipinski definition) is 11. The van der Waals surface area contributed by atoms with Gasteiger partial charge >= 0.3 is 11.9 Å². The van der Waals surface area contributed by atoms with Crippen molar-refractivity contribution in [2.45, 2.75) is 142 Å². The molecule has 7 atom stereocenters. The zero-order chi connectivity index (χ0) is 44.7. The van der Waals surface area contributed by atoms with Gasteiger partial charge in [0.15, 0.2) is 0 Å². The molecule has 21 nitrogen and oxygen atoms in total. The van der Waals surface area contributed by atoms with Gasteiger partial charge in [-0.1, -0.05) is 41.5 Å². The highest BCUT2D eigenvalue weighted by atomic mass is 16.4. The number of carbonyl (C=O) groups excluding carboxylic acids is 8. The van der Waals surface area contributed by atoms with Crippen LogP contribution in [0.1, 0.15) is 99.3 Å². The molecule has 8 amide bonds. The molecule has 2 aliphatic heterocycles. The summed E-state index contributed by atoms with van der Waals surface area (Å²) in [5, 5.41) is 31.6. The second-order valence-electron chi connectivity index (χ2n) is 16.2. The lowest BCUT2D eigenvalue weighted by Gasteiger charge is -2.31. The molecule has 21 heteroatoms. The van der Waals surface area contributed by atoms with Crippen molar-refractivity contribution in [3.05, 3.63) is 0 Å². The van der Waals surface area contributed by atoms with Gasteiger partial charge in [0.25, 0.3) is 0 Å². The molecule has 0 saturated carbocycles. The van der Waals surface area contributed by atoms with Crippen LogP contribution in [-0.2, 0) is 47.9 Å². The third-order valence-electron chi connectivity index (χ3n) is 10.2. The first-order valence-corrected chi connectivity index (χ1v) is 20.1. The second kappa shape index (κ2) is 23.3. The molecule has 0 aliphatic carbocycles. The van der Waals surface area contributed by atoms with Crippen LogP contribution in [0.3, 0.4) is 0 Å². The SMILES string of the molecule is CC(C)C[C@H](NC(=O)[C@@H](NC(=O)[C@@H]1CCCN1C(=O)[C@H](CCC(=O)O)NC(=O)[C@@H](N)CCC(N)=O)C(C)C)C(=O)NCC(=O)N1CCC[C@H]1C(=O)N[C@H](C(=O)O)C(C)C. The topological polar surface area (TPSA) is 330 Å². The zero-order valence-corrected chi connectivity index (χ0v) is 34.8. The number of aliphatic carboxylic acids is 2. The molecule has 0 bridgehead atoms. The predicted molar refractivity (Wildman–Crippen MR) is 210 cm³/mol. The maximum atomic E-state index is 13.7. The number of primary amides is 1. The van der Waals surface area contributed by atoms with Gasteiger partial charge in [0.05, 0.1) is 12.6 Å². The van der Waals surface area contributed by atoms with Crippen LogP contribution in [-0.4, -0.2) is 141 Å². The summed E-state index contributed by atoms with van der Waals surface area (Å²) in [7, 11) is 0. The van der Waals surface area contributed by atoms with Crippen LogP contribution in [0, 0.1) is 17.8 Å². The minimum Gasteiger partial charge on any atom is -0.481 e. The summed E-state index contributed by atoms with van der Waals surface area (Å²) >= 11 is 0. The first-order chi connectivity index (χ1) is 27.5. The number of nitrogens with one attached hydrogen (secondary N) is 5. The number of carboxylic acid groups (broad SMARTS) is 2. The van der Waals surface area contributed by atoms with E-state index in [0.717, 1.165) is 0 Å². The third-order valence-corrected chi connectivity index (χ3v) is 10.2. The average molecular weight is 838 g/mol. The Labute approximate surface area is 343 Å². The highest BCUT2D eigenvalue weighted by Crippen LogP contribution is 2.22. The molecule has 0 aromatic carbocycles. The van der Waals surface area contributed by atoms with Crippen molar-refractivity contribution < 1.29 is 58.2 Å². The molecule has 0 spiro atoms.